The van der Waals surface area contributed by atoms with E-state index in [2.05, 4.69) is 15.3 Å². The second-order valence-corrected chi connectivity index (χ2v) is 4.60. The smallest absolute Gasteiger partial charge is 0.251 e. The van der Waals surface area contributed by atoms with E-state index in [1.54, 1.807) is 24.8 Å². The van der Waals surface area contributed by atoms with Crippen LogP contribution in [0, 0.1) is 0 Å². The summed E-state index contributed by atoms with van der Waals surface area (Å²) < 4.78 is 1.92. The molecule has 2 aromatic heterocycles. The van der Waals surface area contributed by atoms with Crippen LogP contribution >= 0.6 is 0 Å². The summed E-state index contributed by atoms with van der Waals surface area (Å²) in [5.41, 5.74) is 3.41. The number of nitrogens with one attached hydrogen (secondary N) is 1. The van der Waals surface area contributed by atoms with Crippen molar-refractivity contribution < 1.29 is 4.79 Å². The number of rotatable bonds is 3. The number of aryl methyl sites for hydroxylation is 1. The maximum absolute atomic E-state index is 12.1. The zero-order valence-electron chi connectivity index (χ0n) is 11.1. The van der Waals surface area contributed by atoms with Gasteiger partial charge in [-0.05, 0) is 29.8 Å². The van der Waals surface area contributed by atoms with E-state index in [1.165, 1.54) is 0 Å². The van der Waals surface area contributed by atoms with Crippen LogP contribution in [0.5, 0.6) is 0 Å². The molecule has 0 spiro atoms. The van der Waals surface area contributed by atoms with E-state index in [-0.39, 0.29) is 5.91 Å². The minimum atomic E-state index is -0.110. The number of amides is 1. The van der Waals surface area contributed by atoms with Crippen molar-refractivity contribution in [2.75, 3.05) is 0 Å². The van der Waals surface area contributed by atoms with Gasteiger partial charge in [0.2, 0.25) is 0 Å². The molecule has 1 amide bonds. The van der Waals surface area contributed by atoms with E-state index in [0.29, 0.717) is 12.1 Å². The Bertz CT molecular complexity index is 749. The normalized spacial score (nSPS) is 10.7. The Morgan fingerprint density at radius 1 is 1.35 bits per heavy atom. The van der Waals surface area contributed by atoms with E-state index < -0.39 is 0 Å². The van der Waals surface area contributed by atoms with E-state index in [1.807, 2.05) is 35.9 Å². The van der Waals surface area contributed by atoms with Crippen LogP contribution < -0.4 is 5.32 Å². The molecule has 0 atom stereocenters. The zero-order valence-corrected chi connectivity index (χ0v) is 11.1. The molecule has 1 aromatic carbocycles. The zero-order chi connectivity index (χ0) is 13.9. The van der Waals surface area contributed by atoms with Gasteiger partial charge in [0.25, 0.3) is 5.91 Å². The number of pyridine rings is 1. The number of aromatic nitrogens is 3. The van der Waals surface area contributed by atoms with Crippen molar-refractivity contribution in [1.29, 1.82) is 0 Å². The Hall–Kier alpha value is -2.69. The highest BCUT2D eigenvalue weighted by atomic mass is 16.1. The number of imidazole rings is 1. The summed E-state index contributed by atoms with van der Waals surface area (Å²) >= 11 is 0. The van der Waals surface area contributed by atoms with Crippen LogP contribution in [-0.2, 0) is 13.6 Å². The summed E-state index contributed by atoms with van der Waals surface area (Å²) in [5.74, 6) is -0.110. The van der Waals surface area contributed by atoms with Crippen molar-refractivity contribution >= 4 is 16.9 Å². The summed E-state index contributed by atoms with van der Waals surface area (Å²) in [6.07, 6.45) is 5.19. The molecular formula is C15H14N4O. The SMILES string of the molecule is Cn1cnc2cc(C(=O)NCc3cccnc3)ccc21. The number of nitrogens with zero attached hydrogens (tertiary/aromatic N) is 3. The second kappa shape index (κ2) is 5.13. The van der Waals surface area contributed by atoms with Crippen LogP contribution in [-0.4, -0.2) is 20.4 Å². The number of benzene rings is 1. The maximum atomic E-state index is 12.1. The molecule has 0 aliphatic rings. The Morgan fingerprint density at radius 3 is 3.05 bits per heavy atom. The first-order chi connectivity index (χ1) is 9.74. The third kappa shape index (κ3) is 2.38. The number of carbonyl (C=O) groups is 1. The fraction of sp³-hybridized carbons (Fsp3) is 0.133. The van der Waals surface area contributed by atoms with Crippen molar-refractivity contribution in [3.63, 3.8) is 0 Å². The molecule has 1 N–H and O–H groups in total. The van der Waals surface area contributed by atoms with Gasteiger partial charge in [-0.25, -0.2) is 4.98 Å². The lowest BCUT2D eigenvalue weighted by Crippen LogP contribution is -2.22. The molecule has 3 aromatic rings. The monoisotopic (exact) mass is 266 g/mol. The van der Waals surface area contributed by atoms with Gasteiger partial charge >= 0.3 is 0 Å². The number of hydrogen-bond donors (Lipinski definition) is 1. The third-order valence-corrected chi connectivity index (χ3v) is 3.16. The lowest BCUT2D eigenvalue weighted by atomic mass is 10.2. The average Bonchev–Trinajstić information content (AvgIpc) is 2.87. The molecule has 0 aliphatic heterocycles. The van der Waals surface area contributed by atoms with Crippen molar-refractivity contribution in [3.8, 4) is 0 Å². The summed E-state index contributed by atoms with van der Waals surface area (Å²) in [6, 6.07) is 9.29. The molecule has 0 radical (unpaired) electrons. The third-order valence-electron chi connectivity index (χ3n) is 3.16. The first-order valence-electron chi connectivity index (χ1n) is 6.32. The molecule has 0 bridgehead atoms. The molecule has 20 heavy (non-hydrogen) atoms. The minimum Gasteiger partial charge on any atom is -0.348 e. The Balaban J connectivity index is 1.75. The molecule has 100 valence electrons. The summed E-state index contributed by atoms with van der Waals surface area (Å²) in [6.45, 7) is 0.465. The van der Waals surface area contributed by atoms with E-state index in [4.69, 9.17) is 0 Å². The molecular weight excluding hydrogens is 252 g/mol. The van der Waals surface area contributed by atoms with Crippen LogP contribution in [0.3, 0.4) is 0 Å². The molecule has 2 heterocycles. The summed E-state index contributed by atoms with van der Waals surface area (Å²) in [7, 11) is 1.93. The Labute approximate surface area is 116 Å². The highest BCUT2D eigenvalue weighted by Crippen LogP contribution is 2.13. The molecule has 3 rings (SSSR count). The van der Waals surface area contributed by atoms with Gasteiger partial charge in [-0.1, -0.05) is 6.07 Å². The Kier molecular flexibility index (Phi) is 3.16. The van der Waals surface area contributed by atoms with Crippen molar-refractivity contribution in [3.05, 3.63) is 60.2 Å². The predicted molar refractivity (Wildman–Crippen MR) is 76.1 cm³/mol. The lowest BCUT2D eigenvalue weighted by Gasteiger charge is -2.05. The quantitative estimate of drug-likeness (QED) is 0.787. The standard InChI is InChI=1S/C15H14N4O/c1-19-10-18-13-7-12(4-5-14(13)19)15(20)17-9-11-3-2-6-16-8-11/h2-8,10H,9H2,1H3,(H,17,20). The van der Waals surface area contributed by atoms with Gasteiger partial charge in [0.15, 0.2) is 0 Å². The predicted octanol–water partition coefficient (Wildman–Crippen LogP) is 1.90. The van der Waals surface area contributed by atoms with Gasteiger partial charge in [0.1, 0.15) is 0 Å². The molecule has 0 aliphatic carbocycles. The number of carbonyl (C=O) groups excluding carboxylic acids is 1. The summed E-state index contributed by atoms with van der Waals surface area (Å²) in [4.78, 5) is 20.4. The first-order valence-corrected chi connectivity index (χ1v) is 6.32. The van der Waals surface area contributed by atoms with Gasteiger partial charge < -0.3 is 9.88 Å². The highest BCUT2D eigenvalue weighted by Gasteiger charge is 2.08. The lowest BCUT2D eigenvalue weighted by molar-refractivity contribution is 0.0951. The first kappa shape index (κ1) is 12.3. The highest BCUT2D eigenvalue weighted by molar-refractivity contribution is 5.97. The van der Waals surface area contributed by atoms with Crippen molar-refractivity contribution in [2.24, 2.45) is 7.05 Å². The molecule has 0 fully saturated rings. The van der Waals surface area contributed by atoms with Crippen molar-refractivity contribution in [1.82, 2.24) is 19.9 Å². The van der Waals surface area contributed by atoms with Gasteiger partial charge in [0, 0.05) is 31.5 Å². The minimum absolute atomic E-state index is 0.110. The molecule has 0 saturated heterocycles. The van der Waals surface area contributed by atoms with Gasteiger partial charge in [0.05, 0.1) is 17.4 Å². The molecule has 0 saturated carbocycles. The number of hydrogen-bond acceptors (Lipinski definition) is 3. The fourth-order valence-electron chi connectivity index (χ4n) is 2.06. The van der Waals surface area contributed by atoms with E-state index >= 15 is 0 Å². The van der Waals surface area contributed by atoms with Gasteiger partial charge in [-0.3, -0.25) is 9.78 Å². The molecule has 5 nitrogen and oxygen atoms in total. The van der Waals surface area contributed by atoms with Crippen LogP contribution in [0.25, 0.3) is 11.0 Å². The Morgan fingerprint density at radius 2 is 2.25 bits per heavy atom. The van der Waals surface area contributed by atoms with Gasteiger partial charge in [-0.2, -0.15) is 0 Å². The van der Waals surface area contributed by atoms with E-state index in [9.17, 15) is 4.79 Å². The van der Waals surface area contributed by atoms with Crippen molar-refractivity contribution in [2.45, 2.75) is 6.54 Å². The second-order valence-electron chi connectivity index (χ2n) is 4.60. The van der Waals surface area contributed by atoms with Gasteiger partial charge in [-0.15, -0.1) is 0 Å². The fourth-order valence-corrected chi connectivity index (χ4v) is 2.06. The maximum Gasteiger partial charge on any atom is 0.251 e. The molecule has 0 unspecified atom stereocenters. The van der Waals surface area contributed by atoms with Crippen LogP contribution in [0.1, 0.15) is 15.9 Å². The van der Waals surface area contributed by atoms with Crippen LogP contribution in [0.4, 0.5) is 0 Å². The largest absolute Gasteiger partial charge is 0.348 e. The van der Waals surface area contributed by atoms with Crippen LogP contribution in [0.2, 0.25) is 0 Å². The average molecular weight is 266 g/mol. The molecule has 5 heteroatoms. The topological polar surface area (TPSA) is 59.8 Å². The van der Waals surface area contributed by atoms with Crippen LogP contribution in [0.15, 0.2) is 49.1 Å². The number of fused-ring (bicyclic) bond motifs is 1. The van der Waals surface area contributed by atoms with E-state index in [0.717, 1.165) is 16.6 Å². The summed E-state index contributed by atoms with van der Waals surface area (Å²) in [5, 5.41) is 2.87.